The number of aliphatic hydroxyl groups is 1. The zero-order chi connectivity index (χ0) is 29.6. The van der Waals surface area contributed by atoms with Crippen molar-refractivity contribution in [1.82, 2.24) is 4.90 Å². The summed E-state index contributed by atoms with van der Waals surface area (Å²) in [5.41, 5.74) is 3.25. The number of halogens is 1. The van der Waals surface area contributed by atoms with Crippen molar-refractivity contribution in [2.24, 2.45) is 17.8 Å². The zero-order valence-corrected chi connectivity index (χ0v) is 26.4. The van der Waals surface area contributed by atoms with Gasteiger partial charge in [0, 0.05) is 21.5 Å². The number of ether oxygens (including phenoxy) is 1. The van der Waals surface area contributed by atoms with E-state index < -0.39 is 28.7 Å². The third-order valence-electron chi connectivity index (χ3n) is 8.68. The van der Waals surface area contributed by atoms with Gasteiger partial charge >= 0.3 is 0 Å². The van der Waals surface area contributed by atoms with Gasteiger partial charge in [0.15, 0.2) is 0 Å². The number of benzene rings is 2. The maximum atomic E-state index is 14.4. The first-order valence-electron chi connectivity index (χ1n) is 14.2. The minimum absolute atomic E-state index is 0.0461. The second-order valence-corrected chi connectivity index (χ2v) is 14.4. The molecule has 2 aromatic carbocycles. The fourth-order valence-corrected chi connectivity index (χ4v) is 10.3. The zero-order valence-electron chi connectivity index (χ0n) is 24.0. The van der Waals surface area contributed by atoms with Gasteiger partial charge in [0.2, 0.25) is 17.7 Å². The highest BCUT2D eigenvalue weighted by atomic mass is 79.9. The average Bonchev–Trinajstić information content (AvgIpc) is 3.51. The Labute approximate surface area is 254 Å². The van der Waals surface area contributed by atoms with Gasteiger partial charge in [-0.15, -0.1) is 11.8 Å². The van der Waals surface area contributed by atoms with Gasteiger partial charge in [0.1, 0.15) is 11.8 Å². The molecule has 0 radical (unpaired) electrons. The second kappa shape index (κ2) is 11.6. The lowest BCUT2D eigenvalue weighted by Gasteiger charge is -2.38. The highest BCUT2D eigenvalue weighted by molar-refractivity contribution is 9.09. The number of alkyl halides is 1. The van der Waals surface area contributed by atoms with Crippen molar-refractivity contribution in [3.63, 3.8) is 0 Å². The number of nitrogens with zero attached hydrogens (tertiary/aromatic N) is 1. The molecule has 2 aromatic rings. The summed E-state index contributed by atoms with van der Waals surface area (Å²) < 4.78 is 4.71. The quantitative estimate of drug-likeness (QED) is 0.340. The summed E-state index contributed by atoms with van der Waals surface area (Å²) >= 11 is 5.39. The van der Waals surface area contributed by atoms with Crippen LogP contribution in [0.1, 0.15) is 38.3 Å². The Morgan fingerprint density at radius 3 is 2.49 bits per heavy atom. The molecule has 3 saturated heterocycles. The van der Waals surface area contributed by atoms with Gasteiger partial charge in [-0.05, 0) is 74.6 Å². The topological polar surface area (TPSA) is 108 Å². The summed E-state index contributed by atoms with van der Waals surface area (Å²) in [5, 5.41) is 16.4. The minimum atomic E-state index is -0.835. The van der Waals surface area contributed by atoms with Gasteiger partial charge in [-0.25, -0.2) is 0 Å². The van der Waals surface area contributed by atoms with E-state index in [2.05, 4.69) is 26.6 Å². The largest absolute Gasteiger partial charge is 0.494 e. The number of aryl methyl sites for hydroxylation is 2. The lowest BCUT2D eigenvalue weighted by Crippen LogP contribution is -2.56. The molecule has 7 atom stereocenters. The molecule has 3 heterocycles. The van der Waals surface area contributed by atoms with Crippen molar-refractivity contribution < 1.29 is 24.2 Å². The first kappa shape index (κ1) is 29.9. The van der Waals surface area contributed by atoms with E-state index >= 15 is 0 Å². The Hall–Kier alpha value is -2.56. The Balaban J connectivity index is 1.51. The summed E-state index contributed by atoms with van der Waals surface area (Å²) in [7, 11) is 0. The van der Waals surface area contributed by atoms with Gasteiger partial charge < -0.3 is 25.4 Å². The summed E-state index contributed by atoms with van der Waals surface area (Å²) in [4.78, 5) is 44.0. The number of aliphatic hydroxyl groups excluding tert-OH is 1. The van der Waals surface area contributed by atoms with Crippen molar-refractivity contribution >= 4 is 56.8 Å². The fraction of sp³-hybridized carbons (Fsp3) is 0.516. The predicted octanol–water partition coefficient (Wildman–Crippen LogP) is 4.76. The van der Waals surface area contributed by atoms with Crippen molar-refractivity contribution in [3.05, 3.63) is 53.6 Å². The van der Waals surface area contributed by atoms with Crippen LogP contribution in [0.15, 0.2) is 42.5 Å². The number of thioether (sulfide) groups is 1. The smallest absolute Gasteiger partial charge is 0.248 e. The van der Waals surface area contributed by atoms with Crippen molar-refractivity contribution in [3.8, 4) is 5.75 Å². The first-order valence-corrected chi connectivity index (χ1v) is 16.0. The van der Waals surface area contributed by atoms with Crippen molar-refractivity contribution in [2.75, 3.05) is 23.8 Å². The molecule has 220 valence electrons. The van der Waals surface area contributed by atoms with Crippen LogP contribution in [0.5, 0.6) is 5.75 Å². The maximum Gasteiger partial charge on any atom is 0.248 e. The molecule has 41 heavy (non-hydrogen) atoms. The second-order valence-electron chi connectivity index (χ2n) is 11.7. The number of anilines is 2. The molecular formula is C31H38BrN3O5S. The predicted molar refractivity (Wildman–Crippen MR) is 166 cm³/mol. The number of hydrogen-bond acceptors (Lipinski definition) is 6. The lowest BCUT2D eigenvalue weighted by molar-refractivity contribution is -0.142. The van der Waals surface area contributed by atoms with E-state index in [0.717, 1.165) is 11.1 Å². The van der Waals surface area contributed by atoms with E-state index in [1.54, 1.807) is 40.9 Å². The van der Waals surface area contributed by atoms with Crippen LogP contribution in [0.4, 0.5) is 11.4 Å². The van der Waals surface area contributed by atoms with E-state index in [1.807, 2.05) is 52.8 Å². The van der Waals surface area contributed by atoms with Crippen LogP contribution in [0, 0.1) is 31.6 Å². The maximum absolute atomic E-state index is 14.4. The van der Waals surface area contributed by atoms with Gasteiger partial charge in [0.25, 0.3) is 0 Å². The van der Waals surface area contributed by atoms with Crippen molar-refractivity contribution in [2.45, 2.75) is 67.9 Å². The SMILES string of the molecule is CCOc1ccc(NC(=O)[C@H]2[C@H]3C(=O)N([C@@H](CO)C(C)C)C(C(=O)Nc4cc(C)ccc4C)C34CC(Br)[C@@H]2S4)cc1. The summed E-state index contributed by atoms with van der Waals surface area (Å²) in [6.45, 7) is 9.96. The highest BCUT2D eigenvalue weighted by Crippen LogP contribution is 2.68. The van der Waals surface area contributed by atoms with E-state index in [1.165, 1.54) is 0 Å². The molecule has 3 aliphatic rings. The Morgan fingerprint density at radius 2 is 1.85 bits per heavy atom. The van der Waals surface area contributed by atoms with Crippen LogP contribution in [0.2, 0.25) is 0 Å². The number of rotatable bonds is 9. The molecule has 0 saturated carbocycles. The Bertz CT molecular complexity index is 1340. The van der Waals surface area contributed by atoms with Crippen LogP contribution in [0.3, 0.4) is 0 Å². The molecule has 3 aliphatic heterocycles. The van der Waals surface area contributed by atoms with Crippen LogP contribution >= 0.6 is 27.7 Å². The molecule has 0 aliphatic carbocycles. The number of fused-ring (bicyclic) bond motifs is 1. The van der Waals surface area contributed by atoms with Crippen molar-refractivity contribution in [1.29, 1.82) is 0 Å². The van der Waals surface area contributed by atoms with Gasteiger partial charge in [0.05, 0.1) is 35.8 Å². The Morgan fingerprint density at radius 1 is 1.15 bits per heavy atom. The van der Waals surface area contributed by atoms with Gasteiger partial charge in [-0.1, -0.05) is 41.9 Å². The number of nitrogens with one attached hydrogen (secondary N) is 2. The van der Waals surface area contributed by atoms with E-state index in [4.69, 9.17) is 4.74 Å². The molecule has 5 rings (SSSR count). The molecule has 0 aromatic heterocycles. The molecule has 10 heteroatoms. The monoisotopic (exact) mass is 643 g/mol. The van der Waals surface area contributed by atoms with E-state index in [0.29, 0.717) is 30.2 Å². The van der Waals surface area contributed by atoms with E-state index in [9.17, 15) is 19.5 Å². The highest BCUT2D eigenvalue weighted by Gasteiger charge is 2.76. The number of likely N-dealkylation sites (tertiary alicyclic amines) is 1. The third-order valence-corrected chi connectivity index (χ3v) is 11.9. The third kappa shape index (κ3) is 5.16. The van der Waals surface area contributed by atoms with Gasteiger partial charge in [-0.2, -0.15) is 0 Å². The normalized spacial score (nSPS) is 29.0. The van der Waals surface area contributed by atoms with Gasteiger partial charge in [-0.3, -0.25) is 14.4 Å². The molecule has 3 amide bonds. The molecule has 3 fully saturated rings. The molecule has 3 N–H and O–H groups in total. The molecular weight excluding hydrogens is 606 g/mol. The summed E-state index contributed by atoms with van der Waals surface area (Å²) in [6.07, 6.45) is 0.573. The standard InChI is InChI=1S/C31H38BrN3O5S/c1-6-40-20-11-9-19(10-12-20)33-28(37)24-25-30(39)35(23(15-36)16(2)3)27(31(25)14-21(32)26(24)41-31)29(38)34-22-13-17(4)7-8-18(22)5/h7-13,16,21,23-27,36H,6,14-15H2,1-5H3,(H,33,37)(H,34,38)/t21?,23-,24-,25-,26-,27?,31?/m0/s1. The Kier molecular flexibility index (Phi) is 8.47. The van der Waals surface area contributed by atoms with Crippen LogP contribution in [0.25, 0.3) is 0 Å². The van der Waals surface area contributed by atoms with E-state index in [-0.39, 0.29) is 40.3 Å². The summed E-state index contributed by atoms with van der Waals surface area (Å²) in [6, 6.07) is 11.7. The van der Waals surface area contributed by atoms with Crippen LogP contribution in [-0.4, -0.2) is 67.8 Å². The minimum Gasteiger partial charge on any atom is -0.494 e. The number of amides is 3. The molecule has 8 nitrogen and oxygen atoms in total. The fourth-order valence-electron chi connectivity index (χ4n) is 6.74. The molecule has 2 bridgehead atoms. The summed E-state index contributed by atoms with van der Waals surface area (Å²) in [5.74, 6) is -1.46. The average molecular weight is 645 g/mol. The first-order chi connectivity index (χ1) is 19.5. The van der Waals surface area contributed by atoms with Crippen LogP contribution in [-0.2, 0) is 14.4 Å². The van der Waals surface area contributed by atoms with Crippen LogP contribution < -0.4 is 15.4 Å². The number of carbonyl (C=O) groups is 3. The lowest BCUT2D eigenvalue weighted by atomic mass is 9.70. The molecule has 1 spiro atoms. The number of hydrogen-bond donors (Lipinski definition) is 3. The number of carbonyl (C=O) groups excluding carboxylic acids is 3. The molecule has 3 unspecified atom stereocenters.